The Hall–Kier alpha value is -2.08. The van der Waals surface area contributed by atoms with Crippen LogP contribution in [-0.2, 0) is 6.54 Å². The SMILES string of the molecule is COc1ccc(CN2CCN(CC(O)COc3ccccc3)CC2)cc1. The van der Waals surface area contributed by atoms with Gasteiger partial charge in [-0.2, -0.15) is 0 Å². The van der Waals surface area contributed by atoms with Crippen molar-refractivity contribution in [3.8, 4) is 11.5 Å². The molecular weight excluding hydrogens is 328 g/mol. The first kappa shape index (κ1) is 18.7. The van der Waals surface area contributed by atoms with Crippen molar-refractivity contribution in [2.75, 3.05) is 46.4 Å². The molecule has 0 bridgehead atoms. The van der Waals surface area contributed by atoms with Gasteiger partial charge in [0.25, 0.3) is 0 Å². The van der Waals surface area contributed by atoms with Crippen LogP contribution < -0.4 is 9.47 Å². The number of hydrogen-bond acceptors (Lipinski definition) is 5. The number of piperazine rings is 1. The van der Waals surface area contributed by atoms with Crippen LogP contribution in [0.3, 0.4) is 0 Å². The van der Waals surface area contributed by atoms with Crippen LogP contribution in [0.1, 0.15) is 5.56 Å². The van der Waals surface area contributed by atoms with Crippen LogP contribution in [0.5, 0.6) is 11.5 Å². The fraction of sp³-hybridized carbons (Fsp3) is 0.429. The molecule has 5 nitrogen and oxygen atoms in total. The monoisotopic (exact) mass is 356 g/mol. The molecule has 0 spiro atoms. The van der Waals surface area contributed by atoms with E-state index in [1.165, 1.54) is 5.56 Å². The molecule has 3 rings (SSSR count). The lowest BCUT2D eigenvalue weighted by molar-refractivity contribution is 0.0446. The van der Waals surface area contributed by atoms with Crippen LogP contribution in [0.4, 0.5) is 0 Å². The van der Waals surface area contributed by atoms with Crippen molar-refractivity contribution < 1.29 is 14.6 Å². The predicted molar refractivity (Wildman–Crippen MR) is 103 cm³/mol. The van der Waals surface area contributed by atoms with Crippen molar-refractivity contribution in [2.45, 2.75) is 12.6 Å². The van der Waals surface area contributed by atoms with Crippen LogP contribution in [0.15, 0.2) is 54.6 Å². The molecule has 0 aliphatic carbocycles. The van der Waals surface area contributed by atoms with Crippen LogP contribution in [0, 0.1) is 0 Å². The summed E-state index contributed by atoms with van der Waals surface area (Å²) in [4.78, 5) is 4.76. The summed E-state index contributed by atoms with van der Waals surface area (Å²) in [6, 6.07) is 17.9. The zero-order valence-corrected chi connectivity index (χ0v) is 15.4. The average Bonchev–Trinajstić information content (AvgIpc) is 2.69. The summed E-state index contributed by atoms with van der Waals surface area (Å²) >= 11 is 0. The number of rotatable bonds is 8. The van der Waals surface area contributed by atoms with E-state index in [9.17, 15) is 5.11 Å². The number of methoxy groups -OCH3 is 1. The second kappa shape index (κ2) is 9.57. The summed E-state index contributed by atoms with van der Waals surface area (Å²) in [7, 11) is 1.69. The lowest BCUT2D eigenvalue weighted by Crippen LogP contribution is -2.48. The van der Waals surface area contributed by atoms with Gasteiger partial charge in [-0.15, -0.1) is 0 Å². The Bertz CT molecular complexity index is 640. The standard InChI is InChI=1S/C21H28N2O3/c1-25-20-9-7-18(8-10-20)15-22-11-13-23(14-12-22)16-19(24)17-26-21-5-3-2-4-6-21/h2-10,19,24H,11-17H2,1H3. The highest BCUT2D eigenvalue weighted by atomic mass is 16.5. The maximum atomic E-state index is 10.2. The summed E-state index contributed by atoms with van der Waals surface area (Å²) in [6.07, 6.45) is -0.469. The maximum absolute atomic E-state index is 10.2. The van der Waals surface area contributed by atoms with Gasteiger partial charge in [-0.3, -0.25) is 9.80 Å². The Kier molecular flexibility index (Phi) is 6.89. The van der Waals surface area contributed by atoms with Crippen molar-refractivity contribution in [1.29, 1.82) is 0 Å². The van der Waals surface area contributed by atoms with Crippen molar-refractivity contribution in [3.05, 3.63) is 60.2 Å². The van der Waals surface area contributed by atoms with Crippen molar-refractivity contribution in [2.24, 2.45) is 0 Å². The van der Waals surface area contributed by atoms with Gasteiger partial charge in [0.1, 0.15) is 24.2 Å². The van der Waals surface area contributed by atoms with Gasteiger partial charge in [0.2, 0.25) is 0 Å². The fourth-order valence-corrected chi connectivity index (χ4v) is 3.18. The van der Waals surface area contributed by atoms with Gasteiger partial charge < -0.3 is 14.6 Å². The number of ether oxygens (including phenoxy) is 2. The molecule has 1 heterocycles. The molecule has 0 radical (unpaired) electrons. The van der Waals surface area contributed by atoms with E-state index in [1.807, 2.05) is 42.5 Å². The van der Waals surface area contributed by atoms with Crippen molar-refractivity contribution in [1.82, 2.24) is 9.80 Å². The van der Waals surface area contributed by atoms with Gasteiger partial charge >= 0.3 is 0 Å². The van der Waals surface area contributed by atoms with E-state index in [4.69, 9.17) is 9.47 Å². The minimum absolute atomic E-state index is 0.329. The Morgan fingerprint density at radius 3 is 2.19 bits per heavy atom. The zero-order valence-electron chi connectivity index (χ0n) is 15.4. The number of para-hydroxylation sites is 1. The van der Waals surface area contributed by atoms with E-state index in [0.29, 0.717) is 13.2 Å². The van der Waals surface area contributed by atoms with E-state index >= 15 is 0 Å². The topological polar surface area (TPSA) is 45.2 Å². The van der Waals surface area contributed by atoms with Crippen LogP contribution in [0.25, 0.3) is 0 Å². The first-order valence-corrected chi connectivity index (χ1v) is 9.16. The molecule has 1 N–H and O–H groups in total. The summed E-state index contributed by atoms with van der Waals surface area (Å²) in [5.74, 6) is 1.70. The van der Waals surface area contributed by atoms with Gasteiger partial charge in [-0.25, -0.2) is 0 Å². The molecule has 26 heavy (non-hydrogen) atoms. The number of aliphatic hydroxyl groups excluding tert-OH is 1. The Morgan fingerprint density at radius 2 is 1.54 bits per heavy atom. The minimum atomic E-state index is -0.469. The molecule has 0 amide bonds. The van der Waals surface area contributed by atoms with E-state index in [2.05, 4.69) is 21.9 Å². The number of aliphatic hydroxyl groups is 1. The molecule has 1 aliphatic heterocycles. The predicted octanol–water partition coefficient (Wildman–Crippen LogP) is 2.25. The maximum Gasteiger partial charge on any atom is 0.119 e. The van der Waals surface area contributed by atoms with Crippen LogP contribution >= 0.6 is 0 Å². The third-order valence-corrected chi connectivity index (χ3v) is 4.68. The van der Waals surface area contributed by atoms with Gasteiger partial charge in [-0.1, -0.05) is 30.3 Å². The number of hydrogen-bond donors (Lipinski definition) is 1. The highest BCUT2D eigenvalue weighted by molar-refractivity contribution is 5.27. The van der Waals surface area contributed by atoms with E-state index in [0.717, 1.165) is 44.2 Å². The number of benzene rings is 2. The Balaban J connectivity index is 1.36. The van der Waals surface area contributed by atoms with Gasteiger partial charge in [-0.05, 0) is 29.8 Å². The van der Waals surface area contributed by atoms with Crippen molar-refractivity contribution in [3.63, 3.8) is 0 Å². The summed E-state index contributed by atoms with van der Waals surface area (Å²) in [6.45, 7) is 5.91. The highest BCUT2D eigenvalue weighted by Crippen LogP contribution is 2.14. The Labute approximate surface area is 155 Å². The van der Waals surface area contributed by atoms with Gasteiger partial charge in [0.05, 0.1) is 7.11 Å². The molecule has 1 saturated heterocycles. The first-order chi connectivity index (χ1) is 12.7. The quantitative estimate of drug-likeness (QED) is 0.786. The van der Waals surface area contributed by atoms with E-state index < -0.39 is 6.10 Å². The molecule has 0 saturated carbocycles. The smallest absolute Gasteiger partial charge is 0.119 e. The largest absolute Gasteiger partial charge is 0.497 e. The third kappa shape index (κ3) is 5.73. The second-order valence-electron chi connectivity index (χ2n) is 6.70. The zero-order chi connectivity index (χ0) is 18.2. The second-order valence-corrected chi connectivity index (χ2v) is 6.70. The van der Waals surface area contributed by atoms with Crippen LogP contribution in [-0.4, -0.2) is 67.5 Å². The number of nitrogens with zero attached hydrogens (tertiary/aromatic N) is 2. The molecule has 140 valence electrons. The van der Waals surface area contributed by atoms with Gasteiger partial charge in [0.15, 0.2) is 0 Å². The molecule has 1 aliphatic rings. The molecule has 0 aromatic heterocycles. The highest BCUT2D eigenvalue weighted by Gasteiger charge is 2.19. The van der Waals surface area contributed by atoms with Crippen LogP contribution in [0.2, 0.25) is 0 Å². The molecule has 1 atom stereocenters. The van der Waals surface area contributed by atoms with Crippen molar-refractivity contribution >= 4 is 0 Å². The van der Waals surface area contributed by atoms with E-state index in [1.54, 1.807) is 7.11 Å². The molecule has 5 heteroatoms. The molecule has 2 aromatic rings. The first-order valence-electron chi connectivity index (χ1n) is 9.16. The fourth-order valence-electron chi connectivity index (χ4n) is 3.18. The van der Waals surface area contributed by atoms with Gasteiger partial charge in [0, 0.05) is 39.3 Å². The summed E-state index contributed by atoms with van der Waals surface area (Å²) in [5.41, 5.74) is 1.30. The molecule has 2 aromatic carbocycles. The third-order valence-electron chi connectivity index (χ3n) is 4.68. The number of β-amino-alcohol motifs (C(OH)–C–C–N with tert-alkyl or cyclic N) is 1. The summed E-state index contributed by atoms with van der Waals surface area (Å²) < 4.78 is 10.8. The molecule has 1 unspecified atom stereocenters. The normalized spacial score (nSPS) is 17.0. The minimum Gasteiger partial charge on any atom is -0.497 e. The lowest BCUT2D eigenvalue weighted by Gasteiger charge is -2.35. The lowest BCUT2D eigenvalue weighted by atomic mass is 10.2. The Morgan fingerprint density at radius 1 is 0.885 bits per heavy atom. The average molecular weight is 356 g/mol. The molecule has 1 fully saturated rings. The summed E-state index contributed by atoms with van der Waals surface area (Å²) in [5, 5.41) is 10.2. The molecular formula is C21H28N2O3. The van der Waals surface area contributed by atoms with E-state index in [-0.39, 0.29) is 0 Å².